The van der Waals surface area contributed by atoms with Gasteiger partial charge in [0.25, 0.3) is 5.91 Å². The topological polar surface area (TPSA) is 65.6 Å². The Morgan fingerprint density at radius 2 is 1.64 bits per heavy atom. The third-order valence-corrected chi connectivity index (χ3v) is 8.25. The van der Waals surface area contributed by atoms with E-state index in [9.17, 15) is 9.59 Å². The molecule has 8 nitrogen and oxygen atoms in total. The summed E-state index contributed by atoms with van der Waals surface area (Å²) in [5.74, 6) is 1.63. The largest absolute Gasteiger partial charge is 0.497 e. The second-order valence-electron chi connectivity index (χ2n) is 10.5. The quantitative estimate of drug-likeness (QED) is 0.466. The van der Waals surface area contributed by atoms with Crippen LogP contribution < -0.4 is 14.4 Å². The Balaban J connectivity index is 1.16. The zero-order chi connectivity index (χ0) is 26.8. The van der Waals surface area contributed by atoms with E-state index < -0.39 is 5.54 Å². The highest BCUT2D eigenvalue weighted by Gasteiger charge is 2.53. The number of rotatable bonds is 7. The van der Waals surface area contributed by atoms with Crippen molar-refractivity contribution in [2.45, 2.75) is 24.9 Å². The van der Waals surface area contributed by atoms with Crippen LogP contribution in [0, 0.1) is 0 Å². The average Bonchev–Trinajstić information content (AvgIpc) is 3.24. The number of methoxy groups -OCH3 is 1. The Hall–Kier alpha value is -4.04. The van der Waals surface area contributed by atoms with Crippen LogP contribution in [-0.2, 0) is 11.3 Å². The molecule has 0 aromatic heterocycles. The van der Waals surface area contributed by atoms with Crippen molar-refractivity contribution in [3.05, 3.63) is 90.0 Å². The minimum absolute atomic E-state index is 0.0112. The van der Waals surface area contributed by atoms with E-state index in [1.165, 1.54) is 0 Å². The van der Waals surface area contributed by atoms with E-state index in [0.717, 1.165) is 49.5 Å². The Morgan fingerprint density at radius 1 is 0.872 bits per heavy atom. The van der Waals surface area contributed by atoms with E-state index >= 15 is 0 Å². The molecule has 3 aromatic carbocycles. The molecule has 2 amide bonds. The van der Waals surface area contributed by atoms with Crippen molar-refractivity contribution in [1.82, 2.24) is 14.7 Å². The van der Waals surface area contributed by atoms with Crippen LogP contribution in [0.25, 0.3) is 0 Å². The maximum absolute atomic E-state index is 14.1. The van der Waals surface area contributed by atoms with Gasteiger partial charge in [0.1, 0.15) is 17.0 Å². The summed E-state index contributed by atoms with van der Waals surface area (Å²) in [4.78, 5) is 35.4. The van der Waals surface area contributed by atoms with Gasteiger partial charge in [0.15, 0.2) is 6.73 Å². The van der Waals surface area contributed by atoms with Crippen LogP contribution in [0.5, 0.6) is 11.5 Å². The maximum atomic E-state index is 14.1. The predicted molar refractivity (Wildman–Crippen MR) is 149 cm³/mol. The maximum Gasteiger partial charge on any atom is 0.260 e. The van der Waals surface area contributed by atoms with Crippen LogP contribution in [0.1, 0.15) is 28.8 Å². The zero-order valence-electron chi connectivity index (χ0n) is 22.3. The minimum atomic E-state index is -0.597. The van der Waals surface area contributed by atoms with Crippen LogP contribution in [-0.4, -0.2) is 78.7 Å². The number of ether oxygens (including phenoxy) is 2. The first-order valence-corrected chi connectivity index (χ1v) is 13.6. The Bertz CT molecular complexity index is 1340. The Morgan fingerprint density at radius 3 is 2.44 bits per heavy atom. The lowest BCUT2D eigenvalue weighted by Crippen LogP contribution is -2.57. The molecule has 0 unspecified atom stereocenters. The van der Waals surface area contributed by atoms with Crippen molar-refractivity contribution in [3.63, 3.8) is 0 Å². The number of amides is 2. The third kappa shape index (κ3) is 4.81. The van der Waals surface area contributed by atoms with Crippen molar-refractivity contribution >= 4 is 17.5 Å². The second-order valence-corrected chi connectivity index (χ2v) is 10.5. The Kier molecular flexibility index (Phi) is 6.87. The van der Waals surface area contributed by atoms with Gasteiger partial charge in [0.05, 0.1) is 19.3 Å². The molecule has 8 heteroatoms. The van der Waals surface area contributed by atoms with E-state index in [-0.39, 0.29) is 18.5 Å². The molecule has 1 spiro atoms. The van der Waals surface area contributed by atoms with Gasteiger partial charge in [-0.3, -0.25) is 9.59 Å². The number of fused-ring (bicyclic) bond motifs is 1. The average molecular weight is 527 g/mol. The Labute approximate surface area is 229 Å². The molecule has 39 heavy (non-hydrogen) atoms. The molecule has 0 N–H and O–H groups in total. The zero-order valence-corrected chi connectivity index (χ0v) is 22.3. The van der Waals surface area contributed by atoms with E-state index in [1.807, 2.05) is 65.6 Å². The molecule has 0 aliphatic carbocycles. The van der Waals surface area contributed by atoms with Crippen molar-refractivity contribution in [3.8, 4) is 11.5 Å². The van der Waals surface area contributed by atoms with Crippen molar-refractivity contribution in [1.29, 1.82) is 0 Å². The van der Waals surface area contributed by atoms with Gasteiger partial charge in [-0.2, -0.15) is 0 Å². The third-order valence-electron chi connectivity index (χ3n) is 8.25. The fraction of sp³-hybridized carbons (Fsp3) is 0.355. The van der Waals surface area contributed by atoms with Crippen molar-refractivity contribution in [2.75, 3.05) is 51.6 Å². The van der Waals surface area contributed by atoms with Gasteiger partial charge in [-0.25, -0.2) is 0 Å². The molecule has 3 heterocycles. The molecule has 0 radical (unpaired) electrons. The number of benzene rings is 3. The summed E-state index contributed by atoms with van der Waals surface area (Å²) in [5, 5.41) is 0. The van der Waals surface area contributed by atoms with Gasteiger partial charge in [-0.05, 0) is 42.7 Å². The number of nitrogens with zero attached hydrogens (tertiary/aromatic N) is 4. The molecule has 0 bridgehead atoms. The molecule has 3 aliphatic heterocycles. The number of hydrogen-bond donors (Lipinski definition) is 0. The number of hydrogen-bond acceptors (Lipinski definition) is 6. The number of piperidine rings is 1. The van der Waals surface area contributed by atoms with Gasteiger partial charge in [0, 0.05) is 44.5 Å². The van der Waals surface area contributed by atoms with E-state index in [4.69, 9.17) is 9.47 Å². The molecule has 2 fully saturated rings. The van der Waals surface area contributed by atoms with Gasteiger partial charge >= 0.3 is 0 Å². The lowest BCUT2D eigenvalue weighted by molar-refractivity contribution is -0.134. The fourth-order valence-corrected chi connectivity index (χ4v) is 6.02. The van der Waals surface area contributed by atoms with Crippen LogP contribution in [0.4, 0.5) is 5.69 Å². The molecule has 3 aromatic rings. The first kappa shape index (κ1) is 25.2. The van der Waals surface area contributed by atoms with E-state index in [1.54, 1.807) is 12.0 Å². The lowest BCUT2D eigenvalue weighted by atomic mass is 9.85. The summed E-state index contributed by atoms with van der Waals surface area (Å²) >= 11 is 0. The number of anilines is 1. The fourth-order valence-electron chi connectivity index (χ4n) is 6.02. The summed E-state index contributed by atoms with van der Waals surface area (Å²) in [6, 6.07) is 25.6. The lowest BCUT2D eigenvalue weighted by Gasteiger charge is -2.43. The summed E-state index contributed by atoms with van der Waals surface area (Å²) in [6.07, 6.45) is 1.45. The van der Waals surface area contributed by atoms with E-state index in [0.29, 0.717) is 31.1 Å². The van der Waals surface area contributed by atoms with Gasteiger partial charge in [-0.1, -0.05) is 48.5 Å². The summed E-state index contributed by atoms with van der Waals surface area (Å²) < 4.78 is 11.3. The van der Waals surface area contributed by atoms with Crippen LogP contribution in [0.15, 0.2) is 78.9 Å². The molecule has 2 saturated heterocycles. The minimum Gasteiger partial charge on any atom is -0.497 e. The van der Waals surface area contributed by atoms with Crippen molar-refractivity contribution in [2.24, 2.45) is 0 Å². The number of para-hydroxylation sites is 1. The highest BCUT2D eigenvalue weighted by Crippen LogP contribution is 2.41. The smallest absolute Gasteiger partial charge is 0.260 e. The first-order chi connectivity index (χ1) is 19.1. The normalized spacial score (nSPS) is 18.8. The number of carbonyl (C=O) groups excluding carboxylic acids is 2. The van der Waals surface area contributed by atoms with Crippen LogP contribution in [0.2, 0.25) is 0 Å². The molecule has 3 aliphatic rings. The van der Waals surface area contributed by atoms with Crippen molar-refractivity contribution < 1.29 is 19.1 Å². The van der Waals surface area contributed by atoms with Gasteiger partial charge in [0.2, 0.25) is 5.91 Å². The van der Waals surface area contributed by atoms with Gasteiger partial charge in [-0.15, -0.1) is 0 Å². The van der Waals surface area contributed by atoms with Crippen LogP contribution in [0.3, 0.4) is 0 Å². The van der Waals surface area contributed by atoms with Crippen LogP contribution >= 0.6 is 0 Å². The number of carbonyl (C=O) groups is 2. The molecule has 202 valence electrons. The predicted octanol–water partition coefficient (Wildman–Crippen LogP) is 3.83. The SMILES string of the molecule is COc1cccc(N2CN(Cc3ccccc3)C(=O)C23CCN(CCN2COc4ccccc4C2=O)CC3)c1. The number of likely N-dealkylation sites (tertiary alicyclic amines) is 1. The summed E-state index contributed by atoms with van der Waals surface area (Å²) in [7, 11) is 1.67. The molecule has 6 rings (SSSR count). The molecular formula is C31H34N4O4. The van der Waals surface area contributed by atoms with Gasteiger partial charge < -0.3 is 29.1 Å². The standard InChI is InChI=1S/C31H34N4O4/c1-38-26-11-7-10-25(20-26)35-22-34(21-24-8-3-2-4-9-24)30(37)31(35)14-16-32(17-15-31)18-19-33-23-39-28-13-6-5-12-27(28)29(33)36/h2-13,20H,14-19,21-23H2,1H3. The second kappa shape index (κ2) is 10.6. The molecule has 0 atom stereocenters. The monoisotopic (exact) mass is 526 g/mol. The molecule has 0 saturated carbocycles. The van der Waals surface area contributed by atoms with E-state index in [2.05, 4.69) is 28.0 Å². The first-order valence-electron chi connectivity index (χ1n) is 13.6. The molecular weight excluding hydrogens is 492 g/mol. The summed E-state index contributed by atoms with van der Waals surface area (Å²) in [6.45, 7) is 4.30. The highest BCUT2D eigenvalue weighted by molar-refractivity contribution is 5.97. The highest BCUT2D eigenvalue weighted by atomic mass is 16.5. The summed E-state index contributed by atoms with van der Waals surface area (Å²) in [5.41, 5.74) is 2.15.